The molecule has 4 heteroatoms. The number of hydrogen-bond acceptors (Lipinski definition) is 3. The Bertz CT molecular complexity index is 455. The van der Waals surface area contributed by atoms with Crippen LogP contribution in [0.1, 0.15) is 32.3 Å². The van der Waals surface area contributed by atoms with Gasteiger partial charge < -0.3 is 10.0 Å². The second-order valence-electron chi connectivity index (χ2n) is 6.34. The molecule has 2 rings (SSSR count). The van der Waals surface area contributed by atoms with E-state index in [1.807, 2.05) is 23.1 Å². The van der Waals surface area contributed by atoms with E-state index in [-0.39, 0.29) is 12.0 Å². The van der Waals surface area contributed by atoms with E-state index in [0.717, 1.165) is 25.9 Å². The van der Waals surface area contributed by atoms with Gasteiger partial charge in [0.25, 0.3) is 0 Å². The molecule has 1 N–H and O–H groups in total. The van der Waals surface area contributed by atoms with Crippen LogP contribution in [0, 0.1) is 5.92 Å². The first-order valence-corrected chi connectivity index (χ1v) is 9.22. The molecule has 1 amide bonds. The second kappa shape index (κ2) is 8.59. The molecule has 0 radical (unpaired) electrons. The van der Waals surface area contributed by atoms with Gasteiger partial charge in [-0.3, -0.25) is 4.79 Å². The third-order valence-corrected chi connectivity index (χ3v) is 5.34. The van der Waals surface area contributed by atoms with Gasteiger partial charge >= 0.3 is 0 Å². The molecular weight excluding hydrogens is 294 g/mol. The summed E-state index contributed by atoms with van der Waals surface area (Å²) in [7, 11) is 0. The van der Waals surface area contributed by atoms with Gasteiger partial charge in [0.2, 0.25) is 5.91 Å². The Morgan fingerprint density at radius 3 is 2.50 bits per heavy atom. The number of carbonyl (C=O) groups is 1. The molecule has 0 saturated carbocycles. The van der Waals surface area contributed by atoms with Gasteiger partial charge in [0.15, 0.2) is 0 Å². The van der Waals surface area contributed by atoms with E-state index in [0.29, 0.717) is 23.3 Å². The molecule has 1 aromatic rings. The third-order valence-electron chi connectivity index (χ3n) is 4.26. The fourth-order valence-corrected chi connectivity index (χ4v) is 3.54. The Hall–Kier alpha value is -1.00. The highest BCUT2D eigenvalue weighted by Crippen LogP contribution is 2.24. The predicted molar refractivity (Wildman–Crippen MR) is 93.1 cm³/mol. The standard InChI is InChI=1S/C18H27NO2S/c1-14(2)22-13-18(21)19-10-8-16(9-11-19)17(20)12-15-6-4-3-5-7-15/h3-7,14,16-17,20H,8-13H2,1-2H3. The summed E-state index contributed by atoms with van der Waals surface area (Å²) in [6.07, 6.45) is 2.23. The van der Waals surface area contributed by atoms with Crippen molar-refractivity contribution in [3.05, 3.63) is 35.9 Å². The smallest absolute Gasteiger partial charge is 0.232 e. The summed E-state index contributed by atoms with van der Waals surface area (Å²) in [5.41, 5.74) is 1.18. The highest BCUT2D eigenvalue weighted by Gasteiger charge is 2.27. The van der Waals surface area contributed by atoms with Crippen molar-refractivity contribution in [3.8, 4) is 0 Å². The van der Waals surface area contributed by atoms with Gasteiger partial charge in [-0.15, -0.1) is 11.8 Å². The van der Waals surface area contributed by atoms with Gasteiger partial charge in [0, 0.05) is 13.1 Å². The molecule has 1 heterocycles. The fourth-order valence-electron chi connectivity index (χ4n) is 2.89. The summed E-state index contributed by atoms with van der Waals surface area (Å²) in [4.78, 5) is 14.1. The normalized spacial score (nSPS) is 17.7. The van der Waals surface area contributed by atoms with Gasteiger partial charge in [-0.25, -0.2) is 0 Å². The van der Waals surface area contributed by atoms with Crippen LogP contribution in [0.25, 0.3) is 0 Å². The van der Waals surface area contributed by atoms with Crippen LogP contribution in [0.5, 0.6) is 0 Å². The molecule has 0 aromatic heterocycles. The molecule has 1 saturated heterocycles. The van der Waals surface area contributed by atoms with Crippen molar-refractivity contribution in [1.82, 2.24) is 4.90 Å². The predicted octanol–water partition coefficient (Wildman–Crippen LogP) is 2.97. The van der Waals surface area contributed by atoms with Gasteiger partial charge in [0.05, 0.1) is 11.9 Å². The monoisotopic (exact) mass is 321 g/mol. The van der Waals surface area contributed by atoms with Crippen molar-refractivity contribution in [2.24, 2.45) is 5.92 Å². The minimum Gasteiger partial charge on any atom is -0.392 e. The zero-order valence-corrected chi connectivity index (χ0v) is 14.4. The van der Waals surface area contributed by atoms with Gasteiger partial charge in [-0.2, -0.15) is 0 Å². The zero-order valence-electron chi connectivity index (χ0n) is 13.6. The third kappa shape index (κ3) is 5.33. The Labute approximate surface area is 138 Å². The lowest BCUT2D eigenvalue weighted by Gasteiger charge is -2.34. The molecule has 22 heavy (non-hydrogen) atoms. The number of carbonyl (C=O) groups excluding carboxylic acids is 1. The van der Waals surface area contributed by atoms with Gasteiger partial charge in [0.1, 0.15) is 0 Å². The van der Waals surface area contributed by atoms with Crippen molar-refractivity contribution < 1.29 is 9.90 Å². The topological polar surface area (TPSA) is 40.5 Å². The summed E-state index contributed by atoms with van der Waals surface area (Å²) in [6, 6.07) is 10.1. The molecule has 0 bridgehead atoms. The van der Waals surface area contributed by atoms with Gasteiger partial charge in [-0.1, -0.05) is 44.2 Å². The number of likely N-dealkylation sites (tertiary alicyclic amines) is 1. The molecular formula is C18H27NO2S. The Kier molecular flexibility index (Phi) is 6.77. The van der Waals surface area contributed by atoms with E-state index in [1.54, 1.807) is 11.8 Å². The first-order chi connectivity index (χ1) is 10.6. The van der Waals surface area contributed by atoms with E-state index in [9.17, 15) is 9.90 Å². The maximum atomic E-state index is 12.1. The highest BCUT2D eigenvalue weighted by molar-refractivity contribution is 8.00. The minimum absolute atomic E-state index is 0.245. The zero-order chi connectivity index (χ0) is 15.9. The quantitative estimate of drug-likeness (QED) is 0.876. The number of rotatable bonds is 6. The van der Waals surface area contributed by atoms with Crippen molar-refractivity contribution in [3.63, 3.8) is 0 Å². The minimum atomic E-state index is -0.301. The summed E-state index contributed by atoms with van der Waals surface area (Å²) < 4.78 is 0. The number of benzene rings is 1. The van der Waals surface area contributed by atoms with Crippen molar-refractivity contribution in [2.75, 3.05) is 18.8 Å². The first-order valence-electron chi connectivity index (χ1n) is 8.17. The number of piperidine rings is 1. The molecule has 1 aliphatic heterocycles. The molecule has 1 aliphatic rings. The van der Waals surface area contributed by atoms with Crippen molar-refractivity contribution >= 4 is 17.7 Å². The van der Waals surface area contributed by atoms with E-state index in [1.165, 1.54) is 5.56 Å². The SMILES string of the molecule is CC(C)SCC(=O)N1CCC(C(O)Cc2ccccc2)CC1. The second-order valence-corrected chi connectivity index (χ2v) is 7.90. The fraction of sp³-hybridized carbons (Fsp3) is 0.611. The summed E-state index contributed by atoms with van der Waals surface area (Å²) in [5.74, 6) is 1.13. The van der Waals surface area contributed by atoms with Crippen molar-refractivity contribution in [2.45, 2.75) is 44.5 Å². The average Bonchev–Trinajstić information content (AvgIpc) is 2.53. The van der Waals surface area contributed by atoms with E-state index in [4.69, 9.17) is 0 Å². The van der Waals surface area contributed by atoms with Crippen LogP contribution in [0.2, 0.25) is 0 Å². The first kappa shape index (κ1) is 17.4. The lowest BCUT2D eigenvalue weighted by Crippen LogP contribution is -2.42. The van der Waals surface area contributed by atoms with E-state index < -0.39 is 0 Å². The van der Waals surface area contributed by atoms with Crippen LogP contribution in [-0.2, 0) is 11.2 Å². The molecule has 1 fully saturated rings. The molecule has 1 aromatic carbocycles. The number of nitrogens with zero attached hydrogens (tertiary/aromatic N) is 1. The Balaban J connectivity index is 1.75. The van der Waals surface area contributed by atoms with Crippen LogP contribution in [0.4, 0.5) is 0 Å². The molecule has 0 spiro atoms. The van der Waals surface area contributed by atoms with E-state index in [2.05, 4.69) is 26.0 Å². The molecule has 1 unspecified atom stereocenters. The largest absolute Gasteiger partial charge is 0.392 e. The maximum Gasteiger partial charge on any atom is 0.232 e. The van der Waals surface area contributed by atoms with Crippen molar-refractivity contribution in [1.29, 1.82) is 0 Å². The number of aliphatic hydroxyl groups excluding tert-OH is 1. The highest BCUT2D eigenvalue weighted by atomic mass is 32.2. The average molecular weight is 321 g/mol. The van der Waals surface area contributed by atoms with Crippen LogP contribution in [-0.4, -0.2) is 46.1 Å². The molecule has 3 nitrogen and oxygen atoms in total. The van der Waals surface area contributed by atoms with Crippen LogP contribution < -0.4 is 0 Å². The molecule has 122 valence electrons. The lowest BCUT2D eigenvalue weighted by molar-refractivity contribution is -0.130. The maximum absolute atomic E-state index is 12.1. The molecule has 1 atom stereocenters. The lowest BCUT2D eigenvalue weighted by atomic mass is 9.88. The van der Waals surface area contributed by atoms with E-state index >= 15 is 0 Å². The summed E-state index contributed by atoms with van der Waals surface area (Å²) >= 11 is 1.70. The number of aliphatic hydroxyl groups is 1. The Morgan fingerprint density at radius 1 is 1.27 bits per heavy atom. The number of thioether (sulfide) groups is 1. The number of amides is 1. The summed E-state index contributed by atoms with van der Waals surface area (Å²) in [6.45, 7) is 5.80. The number of hydrogen-bond donors (Lipinski definition) is 1. The van der Waals surface area contributed by atoms with Crippen LogP contribution >= 0.6 is 11.8 Å². The van der Waals surface area contributed by atoms with Crippen LogP contribution in [0.15, 0.2) is 30.3 Å². The molecule has 0 aliphatic carbocycles. The summed E-state index contributed by atoms with van der Waals surface area (Å²) in [5, 5.41) is 10.9. The van der Waals surface area contributed by atoms with Crippen LogP contribution in [0.3, 0.4) is 0 Å². The Morgan fingerprint density at radius 2 is 1.91 bits per heavy atom. The van der Waals surface area contributed by atoms with Gasteiger partial charge in [-0.05, 0) is 36.0 Å².